The van der Waals surface area contributed by atoms with Crippen molar-refractivity contribution in [2.45, 2.75) is 25.7 Å². The summed E-state index contributed by atoms with van der Waals surface area (Å²) >= 11 is 3.52. The van der Waals surface area contributed by atoms with Gasteiger partial charge < -0.3 is 5.73 Å². The SMILES string of the molecule is NCC1CCCC1Cc1cccc(Br)c1. The van der Waals surface area contributed by atoms with Crippen LogP contribution in [0.4, 0.5) is 0 Å². The van der Waals surface area contributed by atoms with Gasteiger partial charge in [0.2, 0.25) is 0 Å². The minimum absolute atomic E-state index is 0.754. The summed E-state index contributed by atoms with van der Waals surface area (Å²) < 4.78 is 1.18. The minimum atomic E-state index is 0.754. The predicted octanol–water partition coefficient (Wildman–Crippen LogP) is 3.37. The van der Waals surface area contributed by atoms with Crippen LogP contribution in [0.1, 0.15) is 24.8 Å². The quantitative estimate of drug-likeness (QED) is 0.893. The fourth-order valence-electron chi connectivity index (χ4n) is 2.66. The molecule has 2 heteroatoms. The molecule has 0 amide bonds. The Morgan fingerprint density at radius 2 is 2.07 bits per heavy atom. The molecule has 1 aromatic rings. The first kappa shape index (κ1) is 11.2. The van der Waals surface area contributed by atoms with Gasteiger partial charge in [0.05, 0.1) is 0 Å². The van der Waals surface area contributed by atoms with Crippen LogP contribution in [0.2, 0.25) is 0 Å². The van der Waals surface area contributed by atoms with E-state index in [2.05, 4.69) is 40.2 Å². The van der Waals surface area contributed by atoms with Gasteiger partial charge in [-0.05, 0) is 55.3 Å². The lowest BCUT2D eigenvalue weighted by Gasteiger charge is -2.17. The van der Waals surface area contributed by atoms with Crippen molar-refractivity contribution in [1.29, 1.82) is 0 Å². The zero-order valence-electron chi connectivity index (χ0n) is 8.95. The highest BCUT2D eigenvalue weighted by Gasteiger charge is 2.25. The minimum Gasteiger partial charge on any atom is -0.330 e. The molecule has 0 aromatic heterocycles. The molecule has 15 heavy (non-hydrogen) atoms. The average molecular weight is 268 g/mol. The summed E-state index contributed by atoms with van der Waals surface area (Å²) in [4.78, 5) is 0. The first-order valence-corrected chi connectivity index (χ1v) is 6.53. The lowest BCUT2D eigenvalue weighted by Crippen LogP contribution is -2.20. The molecule has 1 aromatic carbocycles. The number of nitrogens with two attached hydrogens (primary N) is 1. The zero-order chi connectivity index (χ0) is 10.7. The van der Waals surface area contributed by atoms with Gasteiger partial charge >= 0.3 is 0 Å². The molecule has 0 heterocycles. The number of halogens is 1. The van der Waals surface area contributed by atoms with Crippen molar-refractivity contribution in [3.63, 3.8) is 0 Å². The largest absolute Gasteiger partial charge is 0.330 e. The molecule has 1 nitrogen and oxygen atoms in total. The maximum absolute atomic E-state index is 5.80. The Hall–Kier alpha value is -0.340. The Kier molecular flexibility index (Phi) is 3.81. The van der Waals surface area contributed by atoms with Gasteiger partial charge in [-0.15, -0.1) is 0 Å². The van der Waals surface area contributed by atoms with Gasteiger partial charge in [0.1, 0.15) is 0 Å². The van der Waals surface area contributed by atoms with E-state index in [1.54, 1.807) is 0 Å². The summed E-state index contributed by atoms with van der Waals surface area (Å²) in [6.07, 6.45) is 5.24. The van der Waals surface area contributed by atoms with Crippen molar-refractivity contribution in [2.24, 2.45) is 17.6 Å². The van der Waals surface area contributed by atoms with Crippen molar-refractivity contribution < 1.29 is 0 Å². The highest BCUT2D eigenvalue weighted by Crippen LogP contribution is 2.33. The molecular weight excluding hydrogens is 250 g/mol. The average Bonchev–Trinajstić information content (AvgIpc) is 2.65. The molecule has 2 rings (SSSR count). The second kappa shape index (κ2) is 5.13. The van der Waals surface area contributed by atoms with Gasteiger partial charge in [0.25, 0.3) is 0 Å². The van der Waals surface area contributed by atoms with E-state index in [9.17, 15) is 0 Å². The van der Waals surface area contributed by atoms with E-state index in [0.29, 0.717) is 0 Å². The smallest absolute Gasteiger partial charge is 0.0177 e. The van der Waals surface area contributed by atoms with E-state index in [-0.39, 0.29) is 0 Å². The van der Waals surface area contributed by atoms with Crippen molar-refractivity contribution >= 4 is 15.9 Å². The van der Waals surface area contributed by atoms with Crippen molar-refractivity contribution in [3.8, 4) is 0 Å². The van der Waals surface area contributed by atoms with E-state index < -0.39 is 0 Å². The lowest BCUT2D eigenvalue weighted by molar-refractivity contribution is 0.394. The standard InChI is InChI=1S/C13H18BrN/c14-13-6-1-3-10(8-13)7-11-4-2-5-12(11)9-15/h1,3,6,8,11-12H,2,4-5,7,9,15H2. The van der Waals surface area contributed by atoms with Crippen LogP contribution in [0.5, 0.6) is 0 Å². The molecule has 82 valence electrons. The highest BCUT2D eigenvalue weighted by atomic mass is 79.9. The first-order chi connectivity index (χ1) is 7.29. The molecule has 1 saturated carbocycles. The molecule has 0 spiro atoms. The first-order valence-electron chi connectivity index (χ1n) is 5.74. The Balaban J connectivity index is 2.02. The van der Waals surface area contributed by atoms with Gasteiger partial charge in [-0.25, -0.2) is 0 Å². The molecular formula is C13H18BrN. The van der Waals surface area contributed by atoms with Crippen LogP contribution in [-0.2, 0) is 6.42 Å². The molecule has 0 radical (unpaired) electrons. The second-order valence-corrected chi connectivity index (χ2v) is 5.44. The van der Waals surface area contributed by atoms with Crippen LogP contribution >= 0.6 is 15.9 Å². The fourth-order valence-corrected chi connectivity index (χ4v) is 3.11. The monoisotopic (exact) mass is 267 g/mol. The molecule has 0 saturated heterocycles. The third kappa shape index (κ3) is 2.82. The van der Waals surface area contributed by atoms with Gasteiger partial charge in [-0.3, -0.25) is 0 Å². The molecule has 0 aliphatic heterocycles. The number of hydrogen-bond acceptors (Lipinski definition) is 1. The maximum atomic E-state index is 5.80. The lowest BCUT2D eigenvalue weighted by atomic mass is 9.90. The van der Waals surface area contributed by atoms with Gasteiger partial charge in [-0.2, -0.15) is 0 Å². The maximum Gasteiger partial charge on any atom is 0.0177 e. The Morgan fingerprint density at radius 3 is 2.80 bits per heavy atom. The number of benzene rings is 1. The van der Waals surface area contributed by atoms with Gasteiger partial charge in [0.15, 0.2) is 0 Å². The summed E-state index contributed by atoms with van der Waals surface area (Å²) in [6.45, 7) is 0.860. The predicted molar refractivity (Wildman–Crippen MR) is 67.7 cm³/mol. The highest BCUT2D eigenvalue weighted by molar-refractivity contribution is 9.10. The molecule has 1 fully saturated rings. The summed E-state index contributed by atoms with van der Waals surface area (Å²) in [5, 5.41) is 0. The van der Waals surface area contributed by atoms with Gasteiger partial charge in [0, 0.05) is 4.47 Å². The third-order valence-corrected chi connectivity index (χ3v) is 4.00. The number of hydrogen-bond donors (Lipinski definition) is 1. The van der Waals surface area contributed by atoms with E-state index in [1.165, 1.54) is 35.7 Å². The van der Waals surface area contributed by atoms with Crippen LogP contribution < -0.4 is 5.73 Å². The second-order valence-electron chi connectivity index (χ2n) is 4.52. The van der Waals surface area contributed by atoms with E-state index in [0.717, 1.165) is 18.4 Å². The van der Waals surface area contributed by atoms with E-state index >= 15 is 0 Å². The Bertz CT molecular complexity index is 324. The molecule has 2 unspecified atom stereocenters. The molecule has 1 aliphatic carbocycles. The topological polar surface area (TPSA) is 26.0 Å². The number of rotatable bonds is 3. The molecule has 1 aliphatic rings. The van der Waals surface area contributed by atoms with Gasteiger partial charge in [-0.1, -0.05) is 34.5 Å². The fraction of sp³-hybridized carbons (Fsp3) is 0.538. The van der Waals surface area contributed by atoms with Crippen LogP contribution in [-0.4, -0.2) is 6.54 Å². The van der Waals surface area contributed by atoms with E-state index in [1.807, 2.05) is 0 Å². The molecule has 2 N–H and O–H groups in total. The molecule has 0 bridgehead atoms. The Morgan fingerprint density at radius 1 is 1.27 bits per heavy atom. The van der Waals surface area contributed by atoms with Crippen LogP contribution in [0.3, 0.4) is 0 Å². The van der Waals surface area contributed by atoms with Crippen LogP contribution in [0.25, 0.3) is 0 Å². The summed E-state index contributed by atoms with van der Waals surface area (Å²) in [7, 11) is 0. The summed E-state index contributed by atoms with van der Waals surface area (Å²) in [6, 6.07) is 8.65. The summed E-state index contributed by atoms with van der Waals surface area (Å²) in [5.41, 5.74) is 7.24. The zero-order valence-corrected chi connectivity index (χ0v) is 10.5. The van der Waals surface area contributed by atoms with Crippen molar-refractivity contribution in [2.75, 3.05) is 6.54 Å². The summed E-state index contributed by atoms with van der Waals surface area (Å²) in [5.74, 6) is 1.56. The van der Waals surface area contributed by atoms with E-state index in [4.69, 9.17) is 5.73 Å². The Labute approximate surface area is 100 Å². The molecule has 2 atom stereocenters. The third-order valence-electron chi connectivity index (χ3n) is 3.51. The van der Waals surface area contributed by atoms with Crippen LogP contribution in [0.15, 0.2) is 28.7 Å². The normalized spacial score (nSPS) is 25.7. The van der Waals surface area contributed by atoms with Crippen LogP contribution in [0, 0.1) is 11.8 Å². The van der Waals surface area contributed by atoms with Crippen molar-refractivity contribution in [3.05, 3.63) is 34.3 Å². The van der Waals surface area contributed by atoms with Crippen molar-refractivity contribution in [1.82, 2.24) is 0 Å².